The summed E-state index contributed by atoms with van der Waals surface area (Å²) in [5.41, 5.74) is 2.68. The lowest BCUT2D eigenvalue weighted by atomic mass is 9.76. The lowest BCUT2D eigenvalue weighted by molar-refractivity contribution is -0.733. The summed E-state index contributed by atoms with van der Waals surface area (Å²) in [6.07, 6.45) is 1.41. The van der Waals surface area contributed by atoms with Crippen LogP contribution in [0.25, 0.3) is 0 Å². The number of carbonyl (C=O) groups excluding carboxylic acids is 3. The smallest absolute Gasteiger partial charge is 0.291 e. The predicted octanol–water partition coefficient (Wildman–Crippen LogP) is 0.473. The molecule has 6 heteroatoms. The highest BCUT2D eigenvalue weighted by Crippen LogP contribution is 2.48. The Balaban J connectivity index is 1.64. The van der Waals surface area contributed by atoms with E-state index in [1.54, 1.807) is 0 Å². The van der Waals surface area contributed by atoms with Gasteiger partial charge in [0, 0.05) is 12.0 Å². The Labute approximate surface area is 162 Å². The molecule has 0 unspecified atom stereocenters. The van der Waals surface area contributed by atoms with Crippen molar-refractivity contribution in [2.75, 3.05) is 5.32 Å². The van der Waals surface area contributed by atoms with Crippen molar-refractivity contribution >= 4 is 23.4 Å². The summed E-state index contributed by atoms with van der Waals surface area (Å²) in [6, 6.07) is 15.6. The number of quaternary nitrogens is 1. The first-order valence-corrected chi connectivity index (χ1v) is 9.74. The molecule has 3 heterocycles. The Bertz CT molecular complexity index is 1000. The standard InChI is InChI=1S/C22H21N3O3/c1-2-13-9-6-10-14-18(13)23-21(28)22(14)17-16(19(26)24-20(17)27)15(25-22)11-12-7-4-3-5-8-12/h3-10,15-17,25H,2,11H2,1H3,(H,23,28)(H,24,26,27)/p+1/t15-,16-,17+,22-/m1/s1. The zero-order valence-electron chi connectivity index (χ0n) is 15.6. The van der Waals surface area contributed by atoms with Crippen molar-refractivity contribution in [1.82, 2.24) is 5.32 Å². The van der Waals surface area contributed by atoms with Crippen LogP contribution in [0.15, 0.2) is 48.5 Å². The van der Waals surface area contributed by atoms with Gasteiger partial charge >= 0.3 is 0 Å². The van der Waals surface area contributed by atoms with E-state index in [1.165, 1.54) is 0 Å². The highest BCUT2D eigenvalue weighted by Gasteiger charge is 2.72. The van der Waals surface area contributed by atoms with Gasteiger partial charge in [-0.1, -0.05) is 55.5 Å². The van der Waals surface area contributed by atoms with Crippen LogP contribution in [-0.2, 0) is 32.8 Å². The average Bonchev–Trinajstić information content (AvgIpc) is 3.29. The molecule has 4 atom stereocenters. The molecule has 0 radical (unpaired) electrons. The number of carbonyl (C=O) groups is 3. The van der Waals surface area contributed by atoms with E-state index in [1.807, 2.05) is 60.8 Å². The van der Waals surface area contributed by atoms with E-state index in [0.29, 0.717) is 6.42 Å². The molecule has 0 bridgehead atoms. The van der Waals surface area contributed by atoms with Gasteiger partial charge in [0.15, 0.2) is 0 Å². The minimum absolute atomic E-state index is 0.180. The Kier molecular flexibility index (Phi) is 3.67. The molecule has 28 heavy (non-hydrogen) atoms. The summed E-state index contributed by atoms with van der Waals surface area (Å²) in [6.45, 7) is 2.04. The van der Waals surface area contributed by atoms with Crippen molar-refractivity contribution in [2.45, 2.75) is 31.3 Å². The van der Waals surface area contributed by atoms with Gasteiger partial charge in [-0.2, -0.15) is 0 Å². The van der Waals surface area contributed by atoms with Crippen LogP contribution < -0.4 is 16.0 Å². The predicted molar refractivity (Wildman–Crippen MR) is 102 cm³/mol. The lowest BCUT2D eigenvalue weighted by Gasteiger charge is -2.24. The molecule has 0 saturated carbocycles. The largest absolute Gasteiger partial charge is 0.326 e. The second-order valence-corrected chi connectivity index (χ2v) is 7.89. The number of nitrogens with one attached hydrogen (secondary N) is 2. The molecule has 2 saturated heterocycles. The van der Waals surface area contributed by atoms with E-state index in [-0.39, 0.29) is 23.8 Å². The fourth-order valence-electron chi connectivity index (χ4n) is 5.35. The van der Waals surface area contributed by atoms with Crippen LogP contribution in [0.5, 0.6) is 0 Å². The van der Waals surface area contributed by atoms with Crippen molar-refractivity contribution < 1.29 is 19.7 Å². The number of aryl methyl sites for hydroxylation is 1. The maximum Gasteiger partial charge on any atom is 0.291 e. The van der Waals surface area contributed by atoms with Gasteiger partial charge in [0.2, 0.25) is 17.4 Å². The first-order chi connectivity index (χ1) is 13.6. The lowest BCUT2D eigenvalue weighted by Crippen LogP contribution is -2.99. The van der Waals surface area contributed by atoms with Crippen LogP contribution in [0, 0.1) is 11.8 Å². The van der Waals surface area contributed by atoms with E-state index in [9.17, 15) is 14.4 Å². The van der Waals surface area contributed by atoms with E-state index in [2.05, 4.69) is 10.6 Å². The van der Waals surface area contributed by atoms with E-state index in [0.717, 1.165) is 28.8 Å². The van der Waals surface area contributed by atoms with Crippen LogP contribution in [0.1, 0.15) is 23.6 Å². The second-order valence-electron chi connectivity index (χ2n) is 7.89. The van der Waals surface area contributed by atoms with Gasteiger partial charge in [0.25, 0.3) is 5.91 Å². The number of fused-ring (bicyclic) bond motifs is 4. The molecule has 142 valence electrons. The molecule has 3 aliphatic heterocycles. The number of anilines is 1. The number of amides is 3. The SMILES string of the molecule is CCc1cccc2c1NC(=O)[C@@]21[NH2+][C@H](Cc2ccccc2)[C@H]2C(=O)NC(=O)[C@H]21. The summed E-state index contributed by atoms with van der Waals surface area (Å²) >= 11 is 0. The van der Waals surface area contributed by atoms with Gasteiger partial charge in [-0.25, -0.2) is 0 Å². The third kappa shape index (κ3) is 2.15. The van der Waals surface area contributed by atoms with Crippen LogP contribution in [0.3, 0.4) is 0 Å². The van der Waals surface area contributed by atoms with Gasteiger partial charge in [-0.3, -0.25) is 19.7 Å². The highest BCUT2D eigenvalue weighted by molar-refractivity contribution is 6.14. The van der Waals surface area contributed by atoms with E-state index >= 15 is 0 Å². The van der Waals surface area contributed by atoms with Crippen molar-refractivity contribution in [1.29, 1.82) is 0 Å². The molecule has 6 nitrogen and oxygen atoms in total. The van der Waals surface area contributed by atoms with E-state index < -0.39 is 17.4 Å². The van der Waals surface area contributed by atoms with Crippen LogP contribution in [-0.4, -0.2) is 23.8 Å². The maximum atomic E-state index is 13.3. The Morgan fingerprint density at radius 3 is 2.50 bits per heavy atom. The zero-order chi connectivity index (χ0) is 19.5. The fraction of sp³-hybridized carbons (Fsp3) is 0.318. The minimum atomic E-state index is -1.08. The van der Waals surface area contributed by atoms with Gasteiger partial charge in [-0.15, -0.1) is 0 Å². The fourth-order valence-corrected chi connectivity index (χ4v) is 5.35. The molecular formula is C22H22N3O3+. The van der Waals surface area contributed by atoms with Crippen molar-refractivity contribution in [3.05, 3.63) is 65.2 Å². The number of hydrogen-bond donors (Lipinski definition) is 3. The molecular weight excluding hydrogens is 354 g/mol. The molecule has 5 rings (SSSR count). The summed E-state index contributed by atoms with van der Waals surface area (Å²) < 4.78 is 0. The van der Waals surface area contributed by atoms with Crippen molar-refractivity contribution in [2.24, 2.45) is 11.8 Å². The van der Waals surface area contributed by atoms with Crippen LogP contribution >= 0.6 is 0 Å². The third-order valence-electron chi connectivity index (χ3n) is 6.53. The van der Waals surface area contributed by atoms with Crippen molar-refractivity contribution in [3.8, 4) is 0 Å². The normalized spacial score (nSPS) is 30.3. The highest BCUT2D eigenvalue weighted by atomic mass is 16.2. The van der Waals surface area contributed by atoms with Crippen LogP contribution in [0.4, 0.5) is 5.69 Å². The molecule has 1 spiro atoms. The van der Waals surface area contributed by atoms with E-state index in [4.69, 9.17) is 0 Å². The summed E-state index contributed by atoms with van der Waals surface area (Å²) in [5, 5.41) is 7.49. The maximum absolute atomic E-state index is 13.3. The van der Waals surface area contributed by atoms with Crippen LogP contribution in [0.2, 0.25) is 0 Å². The first-order valence-electron chi connectivity index (χ1n) is 9.74. The number of hydrogen-bond acceptors (Lipinski definition) is 3. The molecule has 4 N–H and O–H groups in total. The van der Waals surface area contributed by atoms with Gasteiger partial charge in [0.1, 0.15) is 17.9 Å². The van der Waals surface area contributed by atoms with Crippen molar-refractivity contribution in [3.63, 3.8) is 0 Å². The van der Waals surface area contributed by atoms with Gasteiger partial charge in [0.05, 0.1) is 5.69 Å². The molecule has 0 aromatic heterocycles. The Morgan fingerprint density at radius 2 is 1.75 bits per heavy atom. The first kappa shape index (κ1) is 17.1. The molecule has 3 aliphatic rings. The topological polar surface area (TPSA) is 91.9 Å². The number of imide groups is 1. The molecule has 2 fully saturated rings. The monoisotopic (exact) mass is 376 g/mol. The quantitative estimate of drug-likeness (QED) is 0.680. The number of benzene rings is 2. The minimum Gasteiger partial charge on any atom is -0.326 e. The summed E-state index contributed by atoms with van der Waals surface area (Å²) in [7, 11) is 0. The zero-order valence-corrected chi connectivity index (χ0v) is 15.6. The molecule has 2 aromatic carbocycles. The van der Waals surface area contributed by atoms with Gasteiger partial charge in [-0.05, 0) is 17.5 Å². The number of nitrogens with two attached hydrogens (primary N) is 1. The molecule has 3 amide bonds. The Hall–Kier alpha value is -2.99. The number of rotatable bonds is 3. The van der Waals surface area contributed by atoms with Gasteiger partial charge < -0.3 is 10.6 Å². The molecule has 0 aliphatic carbocycles. The number of para-hydroxylation sites is 1. The average molecular weight is 376 g/mol. The second kappa shape index (κ2) is 6.01. The summed E-state index contributed by atoms with van der Waals surface area (Å²) in [4.78, 5) is 38.8. The molecule has 2 aromatic rings. The Morgan fingerprint density at radius 1 is 0.964 bits per heavy atom. The third-order valence-corrected chi connectivity index (χ3v) is 6.53. The summed E-state index contributed by atoms with van der Waals surface area (Å²) in [5.74, 6) is -2.01.